The molecule has 13 nitrogen and oxygen atoms in total. The van der Waals surface area contributed by atoms with Gasteiger partial charge in [-0.25, -0.2) is 4.79 Å². The fraction of sp³-hybridized carbons (Fsp3) is 0.400. The molecule has 0 fully saturated rings. The van der Waals surface area contributed by atoms with Crippen molar-refractivity contribution < 1.29 is 39.0 Å². The standard InChI is InChI=1S/C20H27N5O8S/c21-11-4-2-1-3-10(11)15(26)7-13(20(32)33)24-17(28)8-23-18(29)14(9-34)25-16(27)6-5-12(22)19(30)31/h1-4,12-14,34H,5-9,21-22H2,(H,23,29)(H,24,28)(H,25,27)(H,30,31)(H,32,33)/t12-,13-,14-/m0/s1. The van der Waals surface area contributed by atoms with E-state index in [1.165, 1.54) is 12.1 Å². The van der Waals surface area contributed by atoms with E-state index in [2.05, 4.69) is 28.6 Å². The number of rotatable bonds is 14. The molecule has 1 rings (SSSR count). The van der Waals surface area contributed by atoms with E-state index in [0.717, 1.165) is 0 Å². The Kier molecular flexibility index (Phi) is 11.5. The Morgan fingerprint density at radius 1 is 0.941 bits per heavy atom. The van der Waals surface area contributed by atoms with Crippen molar-refractivity contribution in [2.45, 2.75) is 37.4 Å². The summed E-state index contributed by atoms with van der Waals surface area (Å²) in [6.07, 6.45) is -0.947. The molecule has 1 aromatic rings. The third-order valence-corrected chi connectivity index (χ3v) is 4.91. The van der Waals surface area contributed by atoms with Crippen LogP contribution in [-0.4, -0.2) is 76.1 Å². The van der Waals surface area contributed by atoms with Crippen molar-refractivity contribution in [3.63, 3.8) is 0 Å². The van der Waals surface area contributed by atoms with Gasteiger partial charge in [0, 0.05) is 29.8 Å². The lowest BCUT2D eigenvalue weighted by Gasteiger charge is -2.18. The monoisotopic (exact) mass is 497 g/mol. The van der Waals surface area contributed by atoms with Gasteiger partial charge < -0.3 is 37.6 Å². The molecule has 0 aromatic heterocycles. The van der Waals surface area contributed by atoms with Gasteiger partial charge in [0.05, 0.1) is 6.54 Å². The number of benzene rings is 1. The van der Waals surface area contributed by atoms with Crippen LogP contribution in [0.15, 0.2) is 24.3 Å². The minimum absolute atomic E-state index is 0.118. The number of carboxylic acids is 2. The number of carbonyl (C=O) groups excluding carboxylic acids is 4. The highest BCUT2D eigenvalue weighted by molar-refractivity contribution is 7.80. The van der Waals surface area contributed by atoms with E-state index in [1.54, 1.807) is 12.1 Å². The molecule has 0 aliphatic carbocycles. The van der Waals surface area contributed by atoms with E-state index in [-0.39, 0.29) is 29.8 Å². The summed E-state index contributed by atoms with van der Waals surface area (Å²) in [6, 6.07) is 2.15. The number of amides is 3. The van der Waals surface area contributed by atoms with Crippen molar-refractivity contribution >= 4 is 53.8 Å². The van der Waals surface area contributed by atoms with Crippen LogP contribution < -0.4 is 27.4 Å². The lowest BCUT2D eigenvalue weighted by atomic mass is 10.0. The van der Waals surface area contributed by atoms with Gasteiger partial charge in [-0.05, 0) is 18.6 Å². The van der Waals surface area contributed by atoms with Crippen LogP contribution in [0.3, 0.4) is 0 Å². The Bertz CT molecular complexity index is 941. The van der Waals surface area contributed by atoms with Gasteiger partial charge in [-0.15, -0.1) is 0 Å². The maximum Gasteiger partial charge on any atom is 0.326 e. The van der Waals surface area contributed by atoms with Crippen LogP contribution in [0.5, 0.6) is 0 Å². The number of hydrogen-bond donors (Lipinski definition) is 8. The van der Waals surface area contributed by atoms with Gasteiger partial charge in [0.15, 0.2) is 5.78 Å². The molecule has 1 aromatic carbocycles. The number of ketones is 1. The van der Waals surface area contributed by atoms with Crippen molar-refractivity contribution in [3.8, 4) is 0 Å². The van der Waals surface area contributed by atoms with E-state index in [0.29, 0.717) is 0 Å². The second kappa shape index (κ2) is 13.8. The number of carbonyl (C=O) groups is 6. The fourth-order valence-corrected chi connectivity index (χ4v) is 2.91. The second-order valence-electron chi connectivity index (χ2n) is 7.18. The Balaban J connectivity index is 2.58. The normalized spacial score (nSPS) is 13.1. The van der Waals surface area contributed by atoms with Crippen molar-refractivity contribution in [2.24, 2.45) is 5.73 Å². The van der Waals surface area contributed by atoms with Crippen LogP contribution in [0.1, 0.15) is 29.6 Å². The summed E-state index contributed by atoms with van der Waals surface area (Å²) in [7, 11) is 0. The van der Waals surface area contributed by atoms with Gasteiger partial charge in [0.1, 0.15) is 18.1 Å². The maximum absolute atomic E-state index is 12.3. The van der Waals surface area contributed by atoms with Crippen molar-refractivity contribution in [1.82, 2.24) is 16.0 Å². The first-order valence-electron chi connectivity index (χ1n) is 10.0. The zero-order chi connectivity index (χ0) is 25.8. The number of nitrogen functional groups attached to an aromatic ring is 1. The van der Waals surface area contributed by atoms with Crippen LogP contribution in [0.25, 0.3) is 0 Å². The lowest BCUT2D eigenvalue weighted by molar-refractivity contribution is -0.141. The van der Waals surface area contributed by atoms with Gasteiger partial charge in [0.25, 0.3) is 0 Å². The lowest BCUT2D eigenvalue weighted by Crippen LogP contribution is -2.51. The summed E-state index contributed by atoms with van der Waals surface area (Å²) in [5, 5.41) is 24.7. The summed E-state index contributed by atoms with van der Waals surface area (Å²) in [5.74, 6) is -5.74. The number of nitrogens with one attached hydrogen (secondary N) is 3. The molecule has 14 heteroatoms. The summed E-state index contributed by atoms with van der Waals surface area (Å²) >= 11 is 3.96. The molecule has 3 amide bonds. The quantitative estimate of drug-likeness (QED) is 0.0810. The van der Waals surface area contributed by atoms with Crippen LogP contribution >= 0.6 is 12.6 Å². The summed E-state index contributed by atoms with van der Waals surface area (Å²) < 4.78 is 0. The highest BCUT2D eigenvalue weighted by Gasteiger charge is 2.26. The molecule has 9 N–H and O–H groups in total. The maximum atomic E-state index is 12.3. The van der Waals surface area contributed by atoms with Crippen molar-refractivity contribution in [2.75, 3.05) is 18.0 Å². The predicted octanol–water partition coefficient (Wildman–Crippen LogP) is -1.87. The number of para-hydroxylation sites is 1. The molecule has 0 saturated heterocycles. The predicted molar refractivity (Wildman–Crippen MR) is 123 cm³/mol. The summed E-state index contributed by atoms with van der Waals surface area (Å²) in [4.78, 5) is 70.7. The molecule has 34 heavy (non-hydrogen) atoms. The van der Waals surface area contributed by atoms with Crippen LogP contribution in [0.4, 0.5) is 5.69 Å². The molecule has 0 aliphatic rings. The number of hydrogen-bond acceptors (Lipinski definition) is 9. The molecule has 186 valence electrons. The van der Waals surface area contributed by atoms with Crippen LogP contribution in [-0.2, 0) is 24.0 Å². The number of thiol groups is 1. The molecule has 0 bridgehead atoms. The highest BCUT2D eigenvalue weighted by atomic mass is 32.1. The molecular formula is C20H27N5O8S. The highest BCUT2D eigenvalue weighted by Crippen LogP contribution is 2.14. The molecule has 0 radical (unpaired) electrons. The number of Topliss-reactive ketones (excluding diaryl/α,β-unsaturated/α-hetero) is 1. The van der Waals surface area contributed by atoms with E-state index in [9.17, 15) is 33.9 Å². The first kappa shape index (κ1) is 28.4. The molecule has 3 atom stereocenters. The zero-order valence-electron chi connectivity index (χ0n) is 18.0. The van der Waals surface area contributed by atoms with Crippen LogP contribution in [0.2, 0.25) is 0 Å². The van der Waals surface area contributed by atoms with Gasteiger partial charge in [-0.1, -0.05) is 12.1 Å². The first-order valence-corrected chi connectivity index (χ1v) is 10.7. The minimum atomic E-state index is -1.56. The Labute approximate surface area is 200 Å². The molecule has 0 spiro atoms. The van der Waals surface area contributed by atoms with Crippen molar-refractivity contribution in [1.29, 1.82) is 0 Å². The average molecular weight is 498 g/mol. The van der Waals surface area contributed by atoms with E-state index >= 15 is 0 Å². The zero-order valence-corrected chi connectivity index (χ0v) is 18.9. The smallest absolute Gasteiger partial charge is 0.326 e. The van der Waals surface area contributed by atoms with E-state index in [1.807, 2.05) is 0 Å². The molecule has 0 heterocycles. The van der Waals surface area contributed by atoms with E-state index < -0.39 is 66.5 Å². The molecule has 0 saturated carbocycles. The average Bonchev–Trinajstić information content (AvgIpc) is 2.78. The SMILES string of the molecule is Nc1ccccc1C(=O)C[C@H](NC(=O)CNC(=O)[C@H](CS)NC(=O)CC[C@H](N)C(=O)O)C(=O)O. The van der Waals surface area contributed by atoms with Crippen molar-refractivity contribution in [3.05, 3.63) is 29.8 Å². The summed E-state index contributed by atoms with van der Waals surface area (Å²) in [5.41, 5.74) is 11.3. The van der Waals surface area contributed by atoms with E-state index in [4.69, 9.17) is 16.6 Å². The minimum Gasteiger partial charge on any atom is -0.480 e. The third kappa shape index (κ3) is 9.46. The number of anilines is 1. The van der Waals surface area contributed by atoms with Gasteiger partial charge in [-0.3, -0.25) is 24.0 Å². The largest absolute Gasteiger partial charge is 0.480 e. The second-order valence-corrected chi connectivity index (χ2v) is 7.54. The summed E-state index contributed by atoms with van der Waals surface area (Å²) in [6.45, 7) is -0.631. The number of carboxylic acid groups (broad SMARTS) is 2. The molecule has 0 aliphatic heterocycles. The Morgan fingerprint density at radius 3 is 2.12 bits per heavy atom. The number of aliphatic carboxylic acids is 2. The Hall–Kier alpha value is -3.65. The Morgan fingerprint density at radius 2 is 1.56 bits per heavy atom. The van der Waals surface area contributed by atoms with Crippen LogP contribution in [0, 0.1) is 0 Å². The topological polar surface area (TPSA) is 231 Å². The third-order valence-electron chi connectivity index (χ3n) is 4.54. The van der Waals surface area contributed by atoms with Gasteiger partial charge in [0.2, 0.25) is 17.7 Å². The van der Waals surface area contributed by atoms with Gasteiger partial charge >= 0.3 is 11.9 Å². The first-order chi connectivity index (χ1) is 16.0. The number of nitrogens with two attached hydrogens (primary N) is 2. The molecule has 0 unspecified atom stereocenters. The fourth-order valence-electron chi connectivity index (χ4n) is 2.65. The van der Waals surface area contributed by atoms with Gasteiger partial charge in [-0.2, -0.15) is 12.6 Å². The molecular weight excluding hydrogens is 470 g/mol.